The molecule has 2 aromatic carbocycles. The molecule has 0 spiro atoms. The summed E-state index contributed by atoms with van der Waals surface area (Å²) < 4.78 is 16.5. The fourth-order valence-corrected chi connectivity index (χ4v) is 3.83. The summed E-state index contributed by atoms with van der Waals surface area (Å²) in [7, 11) is 3.14. The van der Waals surface area contributed by atoms with Crippen LogP contribution in [0.4, 0.5) is 5.69 Å². The molecule has 8 nitrogen and oxygen atoms in total. The quantitative estimate of drug-likeness (QED) is 0.491. The lowest BCUT2D eigenvalue weighted by atomic mass is 9.85. The van der Waals surface area contributed by atoms with E-state index in [-0.39, 0.29) is 30.7 Å². The maximum Gasteiger partial charge on any atom is 0.228 e. The first kappa shape index (κ1) is 23.4. The Labute approximate surface area is 198 Å². The zero-order chi connectivity index (χ0) is 24.1. The third-order valence-electron chi connectivity index (χ3n) is 6.08. The summed E-state index contributed by atoms with van der Waals surface area (Å²) in [5, 5.41) is 5.90. The van der Waals surface area contributed by atoms with Gasteiger partial charge in [0.1, 0.15) is 23.0 Å². The highest BCUT2D eigenvalue weighted by molar-refractivity contribution is 5.96. The lowest BCUT2D eigenvalue weighted by Gasteiger charge is -2.24. The van der Waals surface area contributed by atoms with Crippen LogP contribution < -0.4 is 20.1 Å². The molecule has 0 bridgehead atoms. The van der Waals surface area contributed by atoms with Crippen molar-refractivity contribution in [3.63, 3.8) is 0 Å². The molecule has 2 amide bonds. The number of methoxy groups -OCH3 is 2. The number of nitrogens with zero attached hydrogens (tertiary/aromatic N) is 1. The van der Waals surface area contributed by atoms with Gasteiger partial charge in [-0.2, -0.15) is 0 Å². The molecule has 1 aliphatic carbocycles. The van der Waals surface area contributed by atoms with Gasteiger partial charge in [0.05, 0.1) is 38.4 Å². The summed E-state index contributed by atoms with van der Waals surface area (Å²) in [5.41, 5.74) is 2.73. The van der Waals surface area contributed by atoms with E-state index in [0.29, 0.717) is 40.1 Å². The second kappa shape index (κ2) is 10.4. The average Bonchev–Trinajstić information content (AvgIpc) is 3.17. The highest BCUT2D eigenvalue weighted by atomic mass is 16.5. The Kier molecular flexibility index (Phi) is 7.15. The molecule has 0 radical (unpaired) electrons. The summed E-state index contributed by atoms with van der Waals surface area (Å²) in [4.78, 5) is 29.6. The smallest absolute Gasteiger partial charge is 0.228 e. The van der Waals surface area contributed by atoms with Crippen LogP contribution in [0, 0.1) is 12.8 Å². The number of rotatable bonds is 9. The van der Waals surface area contributed by atoms with E-state index in [0.717, 1.165) is 24.8 Å². The Bertz CT molecular complexity index is 1180. The van der Waals surface area contributed by atoms with Crippen molar-refractivity contribution >= 4 is 17.5 Å². The first-order valence-electron chi connectivity index (χ1n) is 11.3. The van der Waals surface area contributed by atoms with Crippen LogP contribution in [-0.4, -0.2) is 31.0 Å². The SMILES string of the molecule is COc1ccc(OC)c(CC(=O)NCc2nc(-c3ccccc3NC(=O)C3CCC3)oc2C)c1. The van der Waals surface area contributed by atoms with Crippen LogP contribution in [0.5, 0.6) is 11.5 Å². The minimum absolute atomic E-state index is 0.0300. The van der Waals surface area contributed by atoms with Crippen LogP contribution >= 0.6 is 0 Å². The van der Waals surface area contributed by atoms with Gasteiger partial charge in [-0.25, -0.2) is 4.98 Å². The average molecular weight is 464 g/mol. The molecule has 178 valence electrons. The van der Waals surface area contributed by atoms with Gasteiger partial charge in [-0.15, -0.1) is 0 Å². The standard InChI is InChI=1S/C26H29N3O5/c1-16-22(15-27-24(30)14-18-13-19(32-2)11-12-23(18)33-3)29-26(34-16)20-9-4-5-10-21(20)28-25(31)17-7-6-8-17/h4-5,9-13,17H,6-8,14-15H2,1-3H3,(H,27,30)(H,28,31). The normalized spacial score (nSPS) is 13.1. The monoisotopic (exact) mass is 463 g/mol. The summed E-state index contributed by atoms with van der Waals surface area (Å²) in [6.07, 6.45) is 3.09. The van der Waals surface area contributed by atoms with Crippen molar-refractivity contribution in [2.75, 3.05) is 19.5 Å². The molecule has 0 aliphatic heterocycles. The number of para-hydroxylation sites is 1. The number of carbonyl (C=O) groups is 2. The number of oxazole rings is 1. The molecule has 3 aromatic rings. The van der Waals surface area contributed by atoms with Gasteiger partial charge in [-0.3, -0.25) is 9.59 Å². The molecule has 4 rings (SSSR count). The minimum atomic E-state index is -0.177. The number of ether oxygens (including phenoxy) is 2. The zero-order valence-electron chi connectivity index (χ0n) is 19.6. The van der Waals surface area contributed by atoms with E-state index >= 15 is 0 Å². The molecular formula is C26H29N3O5. The maximum atomic E-state index is 12.6. The number of nitrogens with one attached hydrogen (secondary N) is 2. The number of aromatic nitrogens is 1. The number of carbonyl (C=O) groups excluding carboxylic acids is 2. The highest BCUT2D eigenvalue weighted by Gasteiger charge is 2.26. The predicted molar refractivity (Wildman–Crippen MR) is 128 cm³/mol. The van der Waals surface area contributed by atoms with Crippen LogP contribution in [0.25, 0.3) is 11.5 Å². The number of amides is 2. The third kappa shape index (κ3) is 5.22. The Morgan fingerprint density at radius 2 is 1.91 bits per heavy atom. The summed E-state index contributed by atoms with van der Waals surface area (Å²) in [6.45, 7) is 2.02. The lowest BCUT2D eigenvalue weighted by Crippen LogP contribution is -2.28. The first-order chi connectivity index (χ1) is 16.5. The Balaban J connectivity index is 1.43. The fraction of sp³-hybridized carbons (Fsp3) is 0.346. The Morgan fingerprint density at radius 3 is 2.62 bits per heavy atom. The van der Waals surface area contributed by atoms with Crippen LogP contribution in [0.3, 0.4) is 0 Å². The Morgan fingerprint density at radius 1 is 1.12 bits per heavy atom. The second-order valence-corrected chi connectivity index (χ2v) is 8.32. The number of aryl methyl sites for hydroxylation is 1. The van der Waals surface area contributed by atoms with E-state index in [1.54, 1.807) is 39.3 Å². The first-order valence-corrected chi connectivity index (χ1v) is 11.3. The van der Waals surface area contributed by atoms with Gasteiger partial charge < -0.3 is 24.5 Å². The molecule has 0 saturated heterocycles. The molecule has 1 aromatic heterocycles. The zero-order valence-corrected chi connectivity index (χ0v) is 19.6. The lowest BCUT2D eigenvalue weighted by molar-refractivity contribution is -0.122. The molecular weight excluding hydrogens is 434 g/mol. The van der Waals surface area contributed by atoms with Crippen LogP contribution in [0.1, 0.15) is 36.3 Å². The molecule has 2 N–H and O–H groups in total. The molecule has 34 heavy (non-hydrogen) atoms. The number of hydrogen-bond donors (Lipinski definition) is 2. The molecule has 1 aliphatic rings. The number of benzene rings is 2. The van der Waals surface area contributed by atoms with E-state index in [2.05, 4.69) is 15.6 Å². The predicted octanol–water partition coefficient (Wildman–Crippen LogP) is 4.26. The third-order valence-corrected chi connectivity index (χ3v) is 6.08. The van der Waals surface area contributed by atoms with Gasteiger partial charge in [-0.1, -0.05) is 18.6 Å². The molecule has 1 saturated carbocycles. The van der Waals surface area contributed by atoms with E-state index < -0.39 is 0 Å². The van der Waals surface area contributed by atoms with Crippen molar-refractivity contribution < 1.29 is 23.5 Å². The van der Waals surface area contributed by atoms with Crippen LogP contribution in [0.2, 0.25) is 0 Å². The minimum Gasteiger partial charge on any atom is -0.497 e. The van der Waals surface area contributed by atoms with Gasteiger partial charge in [0, 0.05) is 11.5 Å². The molecule has 1 fully saturated rings. The van der Waals surface area contributed by atoms with Crippen molar-refractivity contribution in [1.82, 2.24) is 10.3 Å². The molecule has 0 atom stereocenters. The van der Waals surface area contributed by atoms with Crippen LogP contribution in [-0.2, 0) is 22.6 Å². The van der Waals surface area contributed by atoms with Gasteiger partial charge in [0.15, 0.2) is 0 Å². The largest absolute Gasteiger partial charge is 0.497 e. The summed E-state index contributed by atoms with van der Waals surface area (Å²) in [5.74, 6) is 2.22. The molecule has 8 heteroatoms. The topological polar surface area (TPSA) is 103 Å². The molecule has 0 unspecified atom stereocenters. The van der Waals surface area contributed by atoms with Crippen molar-refractivity contribution in [3.8, 4) is 23.0 Å². The van der Waals surface area contributed by atoms with Gasteiger partial charge in [-0.05, 0) is 50.1 Å². The van der Waals surface area contributed by atoms with Crippen LogP contribution in [0.15, 0.2) is 46.9 Å². The van der Waals surface area contributed by atoms with E-state index in [4.69, 9.17) is 13.9 Å². The second-order valence-electron chi connectivity index (χ2n) is 8.32. The Hall–Kier alpha value is -3.81. The molecule has 1 heterocycles. The van der Waals surface area contributed by atoms with Crippen molar-refractivity contribution in [1.29, 1.82) is 0 Å². The number of hydrogen-bond acceptors (Lipinski definition) is 6. The summed E-state index contributed by atoms with van der Waals surface area (Å²) in [6, 6.07) is 12.8. The van der Waals surface area contributed by atoms with Gasteiger partial charge in [0.25, 0.3) is 0 Å². The van der Waals surface area contributed by atoms with Gasteiger partial charge >= 0.3 is 0 Å². The number of anilines is 1. The van der Waals surface area contributed by atoms with E-state index in [1.807, 2.05) is 24.3 Å². The van der Waals surface area contributed by atoms with Crippen molar-refractivity contribution in [3.05, 3.63) is 59.5 Å². The van der Waals surface area contributed by atoms with Crippen molar-refractivity contribution in [2.45, 2.75) is 39.2 Å². The summed E-state index contributed by atoms with van der Waals surface area (Å²) >= 11 is 0. The van der Waals surface area contributed by atoms with E-state index in [9.17, 15) is 9.59 Å². The van der Waals surface area contributed by atoms with Crippen molar-refractivity contribution in [2.24, 2.45) is 5.92 Å². The highest BCUT2D eigenvalue weighted by Crippen LogP contribution is 2.32. The van der Waals surface area contributed by atoms with Gasteiger partial charge in [0.2, 0.25) is 17.7 Å². The fourth-order valence-electron chi connectivity index (χ4n) is 3.83. The van der Waals surface area contributed by atoms with E-state index in [1.165, 1.54) is 0 Å². The maximum absolute atomic E-state index is 12.6.